The maximum atomic E-state index is 6.15. The van der Waals surface area contributed by atoms with Crippen molar-refractivity contribution < 1.29 is 14.8 Å². The molecular formula is C37H41Cl2IN4S2Zn. The molecule has 47 heavy (non-hydrogen) atoms. The first-order valence-corrected chi connectivity index (χ1v) is 27.1. The second-order valence-electron chi connectivity index (χ2n) is 11.2. The number of halogens is 3. The van der Waals surface area contributed by atoms with Crippen LogP contribution in [0.2, 0.25) is 9.36 Å². The van der Waals surface area contributed by atoms with Crippen LogP contribution in [0.3, 0.4) is 0 Å². The van der Waals surface area contributed by atoms with Crippen molar-refractivity contribution in [1.82, 2.24) is 19.9 Å². The van der Waals surface area contributed by atoms with Gasteiger partial charge < -0.3 is 6.92 Å². The third kappa shape index (κ3) is 10.2. The molecular weight excluding hydrogens is 828 g/mol. The van der Waals surface area contributed by atoms with Crippen molar-refractivity contribution in [2.45, 2.75) is 80.6 Å². The van der Waals surface area contributed by atoms with Crippen molar-refractivity contribution in [3.63, 3.8) is 0 Å². The van der Waals surface area contributed by atoms with Gasteiger partial charge in [-0.15, -0.1) is 22.7 Å². The topological polar surface area (TPSA) is 51.6 Å². The van der Waals surface area contributed by atoms with Gasteiger partial charge in [0.05, 0.1) is 31.3 Å². The summed E-state index contributed by atoms with van der Waals surface area (Å²) in [5, 5.41) is 0.509. The van der Waals surface area contributed by atoms with Crippen LogP contribution >= 0.6 is 65.6 Å². The number of thiophene rings is 2. The van der Waals surface area contributed by atoms with Gasteiger partial charge in [0, 0.05) is 16.0 Å². The van der Waals surface area contributed by atoms with Crippen LogP contribution in [0.25, 0.3) is 42.9 Å². The minimum atomic E-state index is 0.509. The number of hydrogen-bond donors (Lipinski definition) is 0. The second-order valence-corrected chi connectivity index (χ2v) is 14.4. The first-order chi connectivity index (χ1) is 22.6. The molecule has 0 aliphatic rings. The van der Waals surface area contributed by atoms with Gasteiger partial charge in [0.1, 0.15) is 22.5 Å². The average molecular weight is 869 g/mol. The SMILES string of the molecule is CCCc1sc2c(-c3cc(C)cc(C)c3)ncnc2c1CCC.Cc1cc(C)cc(-c2ncnc3c(Cl)c(Cl)sc23)c1.[CH2-]CC.[Zn+][I]. The van der Waals surface area contributed by atoms with Crippen LogP contribution in [0.15, 0.2) is 49.1 Å². The molecule has 0 N–H and O–H groups in total. The molecule has 244 valence electrons. The molecule has 2 aromatic carbocycles. The number of aryl methyl sites for hydroxylation is 6. The Morgan fingerprint density at radius 3 is 1.53 bits per heavy atom. The monoisotopic (exact) mass is 866 g/mol. The summed E-state index contributed by atoms with van der Waals surface area (Å²) in [6.45, 7) is 18.4. The molecule has 0 spiro atoms. The summed E-state index contributed by atoms with van der Waals surface area (Å²) in [6, 6.07) is 13.0. The Morgan fingerprint density at radius 2 is 1.09 bits per heavy atom. The van der Waals surface area contributed by atoms with E-state index in [1.165, 1.54) is 87.3 Å². The fourth-order valence-corrected chi connectivity index (χ4v) is 8.36. The zero-order valence-electron chi connectivity index (χ0n) is 28.3. The van der Waals surface area contributed by atoms with Crippen LogP contribution in [0.1, 0.15) is 72.7 Å². The molecule has 0 aliphatic heterocycles. The van der Waals surface area contributed by atoms with Gasteiger partial charge in [0.25, 0.3) is 0 Å². The molecule has 4 aromatic heterocycles. The van der Waals surface area contributed by atoms with E-state index in [9.17, 15) is 0 Å². The molecule has 0 radical (unpaired) electrons. The standard InChI is InChI=1S/C20H24N2S.C14H10Cl2N2S.C3H7.HI.Zn/c1-5-7-16-17(8-6-2)23-20-18(21-12-22-19(16)20)15-10-13(3)9-14(4)11-15;1-7-3-8(2)5-9(4-7)11-13-12(18-6-17-11)10(15)14(16)19-13;1-3-2;;/h9-12H,5-8H2,1-4H3;3-6H,1-2H3;1,3H2,2H3;1H;/q;;-1;;+2/p-1. The van der Waals surface area contributed by atoms with E-state index >= 15 is 0 Å². The quantitative estimate of drug-likeness (QED) is 0.0951. The van der Waals surface area contributed by atoms with Crippen LogP contribution in [-0.4, -0.2) is 19.9 Å². The molecule has 6 aromatic rings. The fraction of sp³-hybridized carbons (Fsp3) is 0.324. The van der Waals surface area contributed by atoms with E-state index in [4.69, 9.17) is 23.2 Å². The molecule has 0 aliphatic carbocycles. The first kappa shape index (κ1) is 39.9. The van der Waals surface area contributed by atoms with Crippen LogP contribution in [-0.2, 0) is 27.6 Å². The molecule has 0 saturated heterocycles. The number of rotatable bonds is 6. The van der Waals surface area contributed by atoms with Crippen molar-refractivity contribution in [2.24, 2.45) is 0 Å². The van der Waals surface area contributed by atoms with E-state index in [0.717, 1.165) is 52.9 Å². The summed E-state index contributed by atoms with van der Waals surface area (Å²) in [4.78, 5) is 19.4. The Bertz CT molecular complexity index is 1880. The van der Waals surface area contributed by atoms with Gasteiger partial charge >= 0.3 is 34.5 Å². The summed E-state index contributed by atoms with van der Waals surface area (Å²) in [6.07, 6.45) is 8.85. The van der Waals surface area contributed by atoms with E-state index < -0.39 is 0 Å². The average Bonchev–Trinajstić information content (AvgIpc) is 3.53. The van der Waals surface area contributed by atoms with Crippen LogP contribution in [0.4, 0.5) is 0 Å². The number of aromatic nitrogens is 4. The molecule has 0 atom stereocenters. The number of nitrogens with zero attached hydrogens (tertiary/aromatic N) is 4. The van der Waals surface area contributed by atoms with Gasteiger partial charge in [0.15, 0.2) is 0 Å². The Hall–Kier alpha value is -1.55. The summed E-state index contributed by atoms with van der Waals surface area (Å²) in [7, 11) is 0. The summed E-state index contributed by atoms with van der Waals surface area (Å²) >= 11 is 19.2. The van der Waals surface area contributed by atoms with E-state index in [-0.39, 0.29) is 0 Å². The maximum absolute atomic E-state index is 6.15. The molecule has 0 fully saturated rings. The zero-order valence-corrected chi connectivity index (χ0v) is 36.6. The third-order valence-electron chi connectivity index (χ3n) is 6.99. The summed E-state index contributed by atoms with van der Waals surface area (Å²) < 4.78 is 2.75. The molecule has 4 heterocycles. The van der Waals surface area contributed by atoms with Gasteiger partial charge in [-0.25, -0.2) is 19.9 Å². The van der Waals surface area contributed by atoms with Gasteiger partial charge in [-0.1, -0.05) is 91.2 Å². The van der Waals surface area contributed by atoms with Crippen molar-refractivity contribution in [1.29, 1.82) is 0 Å². The zero-order chi connectivity index (χ0) is 34.7. The van der Waals surface area contributed by atoms with E-state index in [2.05, 4.69) is 125 Å². The Balaban J connectivity index is 0.000000228. The van der Waals surface area contributed by atoms with Crippen LogP contribution < -0.4 is 0 Å². The van der Waals surface area contributed by atoms with Gasteiger partial charge in [-0.3, -0.25) is 0 Å². The van der Waals surface area contributed by atoms with Crippen LogP contribution in [0.5, 0.6) is 0 Å². The molecule has 6 rings (SSSR count). The van der Waals surface area contributed by atoms with Gasteiger partial charge in [-0.05, 0) is 70.4 Å². The minimum absolute atomic E-state index is 0.509. The number of benzene rings is 2. The molecule has 4 nitrogen and oxygen atoms in total. The number of fused-ring (bicyclic) bond motifs is 2. The van der Waals surface area contributed by atoms with Crippen molar-refractivity contribution >= 4 is 86.1 Å². The molecule has 0 bridgehead atoms. The third-order valence-corrected chi connectivity index (χ3v) is 10.3. The normalized spacial score (nSPS) is 10.6. The Kier molecular flexibility index (Phi) is 16.6. The van der Waals surface area contributed by atoms with Crippen molar-refractivity contribution in [3.05, 3.63) is 98.0 Å². The molecule has 0 unspecified atom stereocenters. The van der Waals surface area contributed by atoms with E-state index in [1.54, 1.807) is 6.33 Å². The second kappa shape index (κ2) is 19.6. The summed E-state index contributed by atoms with van der Waals surface area (Å²) in [5.41, 5.74) is 12.6. The van der Waals surface area contributed by atoms with Crippen LogP contribution in [0, 0.1) is 34.6 Å². The molecule has 10 heteroatoms. The van der Waals surface area contributed by atoms with Crippen molar-refractivity contribution in [3.8, 4) is 22.5 Å². The molecule has 0 saturated carbocycles. The fourth-order valence-electron chi connectivity index (χ4n) is 5.43. The Morgan fingerprint density at radius 1 is 0.660 bits per heavy atom. The van der Waals surface area contributed by atoms with E-state index in [1.807, 2.05) is 18.3 Å². The summed E-state index contributed by atoms with van der Waals surface area (Å²) in [5.74, 6) is 0. The number of hydrogen-bond acceptors (Lipinski definition) is 6. The van der Waals surface area contributed by atoms with Gasteiger partial charge in [0.2, 0.25) is 0 Å². The van der Waals surface area contributed by atoms with E-state index in [0.29, 0.717) is 9.36 Å². The predicted molar refractivity (Wildman–Crippen MR) is 212 cm³/mol. The van der Waals surface area contributed by atoms with Gasteiger partial charge in [-0.2, -0.15) is 6.42 Å². The molecule has 0 amide bonds. The van der Waals surface area contributed by atoms with Crippen molar-refractivity contribution in [2.75, 3.05) is 0 Å². The first-order valence-electron chi connectivity index (χ1n) is 15.7. The Labute approximate surface area is 319 Å². The predicted octanol–water partition coefficient (Wildman–Crippen LogP) is 13.3.